The van der Waals surface area contributed by atoms with Crippen molar-refractivity contribution in [3.8, 4) is 11.5 Å². The Balaban J connectivity index is 0.00000242. The lowest BCUT2D eigenvalue weighted by molar-refractivity contribution is 0.354. The van der Waals surface area contributed by atoms with E-state index in [0.717, 1.165) is 12.8 Å². The Kier molecular flexibility index (Phi) is 6.93. The summed E-state index contributed by atoms with van der Waals surface area (Å²) in [7, 11) is 1.10. The first kappa shape index (κ1) is 19.0. The Bertz CT molecular complexity index is 572. The number of halogens is 1. The van der Waals surface area contributed by atoms with E-state index in [2.05, 4.69) is 5.32 Å². The Hall–Kier alpha value is -1.02. The van der Waals surface area contributed by atoms with Gasteiger partial charge in [-0.2, -0.15) is 4.31 Å². The van der Waals surface area contributed by atoms with Crippen molar-refractivity contribution in [2.45, 2.75) is 23.8 Å². The van der Waals surface area contributed by atoms with Gasteiger partial charge in [0.25, 0.3) is 10.0 Å². The summed E-state index contributed by atoms with van der Waals surface area (Å²) in [6.45, 7) is 1.16. The van der Waals surface area contributed by atoms with Gasteiger partial charge in [0, 0.05) is 19.1 Å². The molecule has 0 aliphatic carbocycles. The Morgan fingerprint density at radius 3 is 2.36 bits per heavy atom. The molecule has 0 bridgehead atoms. The zero-order valence-electron chi connectivity index (χ0n) is 13.0. The SMILES string of the molecule is CNCC1CCCN1S(=O)(=O)c1c(OC)cccc1OC.Cl. The predicted molar refractivity (Wildman–Crippen MR) is 87.6 cm³/mol. The second-order valence-electron chi connectivity index (χ2n) is 4.96. The molecule has 0 radical (unpaired) electrons. The van der Waals surface area contributed by atoms with Crippen LogP contribution in [0.1, 0.15) is 12.8 Å². The van der Waals surface area contributed by atoms with E-state index in [0.29, 0.717) is 24.6 Å². The monoisotopic (exact) mass is 350 g/mol. The molecule has 6 nitrogen and oxygen atoms in total. The van der Waals surface area contributed by atoms with Gasteiger partial charge in [0.1, 0.15) is 11.5 Å². The summed E-state index contributed by atoms with van der Waals surface area (Å²) in [4.78, 5) is 0.109. The second-order valence-corrected chi connectivity index (χ2v) is 6.79. The van der Waals surface area contributed by atoms with Crippen LogP contribution in [0.3, 0.4) is 0 Å². The van der Waals surface area contributed by atoms with E-state index in [1.54, 1.807) is 22.5 Å². The topological polar surface area (TPSA) is 67.9 Å². The van der Waals surface area contributed by atoms with E-state index in [1.807, 2.05) is 7.05 Å². The summed E-state index contributed by atoms with van der Waals surface area (Å²) in [6, 6.07) is 4.96. The summed E-state index contributed by atoms with van der Waals surface area (Å²) in [5.41, 5.74) is 0. The van der Waals surface area contributed by atoms with E-state index in [1.165, 1.54) is 14.2 Å². The number of likely N-dealkylation sites (N-methyl/N-ethyl adjacent to an activating group) is 1. The third-order valence-electron chi connectivity index (χ3n) is 3.71. The maximum Gasteiger partial charge on any atom is 0.250 e. The summed E-state index contributed by atoms with van der Waals surface area (Å²) in [5, 5.41) is 3.05. The molecule has 1 heterocycles. The van der Waals surface area contributed by atoms with Crippen LogP contribution in [0.2, 0.25) is 0 Å². The number of nitrogens with zero attached hydrogens (tertiary/aromatic N) is 1. The highest BCUT2D eigenvalue weighted by Crippen LogP contribution is 2.37. The summed E-state index contributed by atoms with van der Waals surface area (Å²) < 4.78 is 38.0. The number of sulfonamides is 1. The first-order valence-electron chi connectivity index (χ1n) is 6.93. The Labute approximate surface area is 138 Å². The lowest BCUT2D eigenvalue weighted by Crippen LogP contribution is -2.41. The minimum absolute atomic E-state index is 0. The lowest BCUT2D eigenvalue weighted by atomic mass is 10.2. The minimum Gasteiger partial charge on any atom is -0.495 e. The number of hydrogen-bond donors (Lipinski definition) is 1. The molecule has 1 atom stereocenters. The molecule has 0 spiro atoms. The molecule has 1 unspecified atom stereocenters. The Morgan fingerprint density at radius 2 is 1.86 bits per heavy atom. The second kappa shape index (κ2) is 8.01. The molecular weight excluding hydrogens is 328 g/mol. The van der Waals surface area contributed by atoms with Crippen LogP contribution in [0.4, 0.5) is 0 Å². The number of methoxy groups -OCH3 is 2. The molecule has 1 aliphatic heterocycles. The molecule has 1 aromatic rings. The number of rotatable bonds is 6. The molecule has 1 fully saturated rings. The van der Waals surface area contributed by atoms with Gasteiger partial charge in [-0.05, 0) is 32.0 Å². The van der Waals surface area contributed by atoms with Crippen LogP contribution < -0.4 is 14.8 Å². The largest absolute Gasteiger partial charge is 0.495 e. The van der Waals surface area contributed by atoms with Crippen molar-refractivity contribution in [2.24, 2.45) is 0 Å². The maximum absolute atomic E-state index is 13.0. The molecule has 1 aromatic carbocycles. The van der Waals surface area contributed by atoms with Crippen LogP contribution in [0, 0.1) is 0 Å². The van der Waals surface area contributed by atoms with E-state index in [4.69, 9.17) is 9.47 Å². The normalized spacial score (nSPS) is 18.8. The number of hydrogen-bond acceptors (Lipinski definition) is 5. The average Bonchev–Trinajstić information content (AvgIpc) is 2.95. The molecule has 126 valence electrons. The van der Waals surface area contributed by atoms with E-state index in [9.17, 15) is 8.42 Å². The lowest BCUT2D eigenvalue weighted by Gasteiger charge is -2.25. The highest BCUT2D eigenvalue weighted by atomic mass is 35.5. The quantitative estimate of drug-likeness (QED) is 0.842. The number of benzene rings is 1. The van der Waals surface area contributed by atoms with Gasteiger partial charge in [-0.3, -0.25) is 0 Å². The summed E-state index contributed by atoms with van der Waals surface area (Å²) >= 11 is 0. The molecule has 1 aliphatic rings. The van der Waals surface area contributed by atoms with Gasteiger partial charge in [-0.25, -0.2) is 8.42 Å². The molecule has 8 heteroatoms. The zero-order chi connectivity index (χ0) is 15.5. The van der Waals surface area contributed by atoms with E-state index >= 15 is 0 Å². The van der Waals surface area contributed by atoms with Crippen molar-refractivity contribution in [3.05, 3.63) is 18.2 Å². The van der Waals surface area contributed by atoms with Gasteiger partial charge >= 0.3 is 0 Å². The van der Waals surface area contributed by atoms with Crippen LogP contribution in [-0.4, -0.2) is 53.1 Å². The standard InChI is InChI=1S/C14H22N2O4S.ClH/c1-15-10-11-6-5-9-16(11)21(17,18)14-12(19-2)7-4-8-13(14)20-3;/h4,7-8,11,15H,5-6,9-10H2,1-3H3;1H. The first-order valence-corrected chi connectivity index (χ1v) is 8.37. The van der Waals surface area contributed by atoms with Crippen molar-refractivity contribution in [1.82, 2.24) is 9.62 Å². The average molecular weight is 351 g/mol. The van der Waals surface area contributed by atoms with Crippen molar-refractivity contribution < 1.29 is 17.9 Å². The van der Waals surface area contributed by atoms with Crippen LogP contribution in [0.5, 0.6) is 11.5 Å². The molecule has 0 amide bonds. The highest BCUT2D eigenvalue weighted by Gasteiger charge is 2.38. The van der Waals surface area contributed by atoms with Gasteiger partial charge < -0.3 is 14.8 Å². The van der Waals surface area contributed by atoms with Gasteiger partial charge in [0.05, 0.1) is 14.2 Å². The summed E-state index contributed by atoms with van der Waals surface area (Å²) in [6.07, 6.45) is 1.72. The van der Waals surface area contributed by atoms with Crippen LogP contribution in [-0.2, 0) is 10.0 Å². The Morgan fingerprint density at radius 1 is 1.27 bits per heavy atom. The third-order valence-corrected chi connectivity index (χ3v) is 5.73. The molecule has 0 aromatic heterocycles. The molecule has 0 saturated carbocycles. The third kappa shape index (κ3) is 3.48. The van der Waals surface area contributed by atoms with Crippen LogP contribution in [0.25, 0.3) is 0 Å². The van der Waals surface area contributed by atoms with Gasteiger partial charge in [0.15, 0.2) is 4.90 Å². The summed E-state index contributed by atoms with van der Waals surface area (Å²) in [5.74, 6) is 0.619. The number of nitrogens with one attached hydrogen (secondary N) is 1. The van der Waals surface area contributed by atoms with Crippen LogP contribution in [0.15, 0.2) is 23.1 Å². The first-order chi connectivity index (χ1) is 10.1. The predicted octanol–water partition coefficient (Wildman–Crippen LogP) is 1.50. The fourth-order valence-electron chi connectivity index (χ4n) is 2.75. The van der Waals surface area contributed by atoms with Crippen molar-refractivity contribution in [3.63, 3.8) is 0 Å². The van der Waals surface area contributed by atoms with Crippen molar-refractivity contribution in [1.29, 1.82) is 0 Å². The smallest absolute Gasteiger partial charge is 0.250 e. The number of ether oxygens (including phenoxy) is 2. The highest BCUT2D eigenvalue weighted by molar-refractivity contribution is 7.89. The minimum atomic E-state index is -3.65. The molecular formula is C14H23ClN2O4S. The van der Waals surface area contributed by atoms with Gasteiger partial charge in [0.2, 0.25) is 0 Å². The fraction of sp³-hybridized carbons (Fsp3) is 0.571. The van der Waals surface area contributed by atoms with E-state index in [-0.39, 0.29) is 23.3 Å². The molecule has 1 N–H and O–H groups in total. The maximum atomic E-state index is 13.0. The zero-order valence-corrected chi connectivity index (χ0v) is 14.7. The van der Waals surface area contributed by atoms with Gasteiger partial charge in [-0.1, -0.05) is 6.07 Å². The van der Waals surface area contributed by atoms with Crippen LogP contribution >= 0.6 is 12.4 Å². The van der Waals surface area contributed by atoms with Crippen molar-refractivity contribution >= 4 is 22.4 Å². The molecule has 2 rings (SSSR count). The van der Waals surface area contributed by atoms with Crippen molar-refractivity contribution in [2.75, 3.05) is 34.4 Å². The fourth-order valence-corrected chi connectivity index (χ4v) is 4.74. The van der Waals surface area contributed by atoms with E-state index < -0.39 is 10.0 Å². The molecule has 1 saturated heterocycles. The molecule has 22 heavy (non-hydrogen) atoms. The van der Waals surface area contributed by atoms with Gasteiger partial charge in [-0.15, -0.1) is 12.4 Å².